The van der Waals surface area contributed by atoms with Crippen LogP contribution in [0.4, 0.5) is 26.3 Å². The molecule has 2 aromatic rings. The Balaban J connectivity index is 1.86. The zero-order chi connectivity index (χ0) is 26.6. The Morgan fingerprint density at radius 3 is 2.08 bits per heavy atom. The average molecular weight is 511 g/mol. The molecule has 36 heavy (non-hydrogen) atoms. The van der Waals surface area contributed by atoms with E-state index in [9.17, 15) is 31.6 Å². The van der Waals surface area contributed by atoms with Crippen LogP contribution in [-0.4, -0.2) is 24.0 Å². The summed E-state index contributed by atoms with van der Waals surface area (Å²) in [4.78, 5) is 2.32. The molecular formula is C28H32F6N2. The van der Waals surface area contributed by atoms with Crippen molar-refractivity contribution in [2.45, 2.75) is 76.2 Å². The van der Waals surface area contributed by atoms with Gasteiger partial charge in [0.25, 0.3) is 0 Å². The molecule has 0 amide bonds. The summed E-state index contributed by atoms with van der Waals surface area (Å²) >= 11 is 0. The third-order valence-corrected chi connectivity index (χ3v) is 7.42. The molecule has 2 atom stereocenters. The molecule has 1 saturated carbocycles. The number of hydrogen-bond donors (Lipinski definition) is 0. The Morgan fingerprint density at radius 1 is 0.944 bits per heavy atom. The number of nitrogens with zero attached hydrogens (tertiary/aromatic N) is 2. The summed E-state index contributed by atoms with van der Waals surface area (Å²) < 4.78 is 80.8. The lowest BCUT2D eigenvalue weighted by Gasteiger charge is -2.34. The Morgan fingerprint density at radius 2 is 1.58 bits per heavy atom. The largest absolute Gasteiger partial charge is 0.417 e. The lowest BCUT2D eigenvalue weighted by Crippen LogP contribution is -2.38. The topological polar surface area (TPSA) is 27.0 Å². The molecule has 1 fully saturated rings. The van der Waals surface area contributed by atoms with Gasteiger partial charge in [0.1, 0.15) is 0 Å². The Bertz CT molecular complexity index is 1040. The van der Waals surface area contributed by atoms with E-state index in [4.69, 9.17) is 0 Å². The van der Waals surface area contributed by atoms with Crippen molar-refractivity contribution < 1.29 is 26.3 Å². The smallest absolute Gasteiger partial charge is 0.300 e. The number of benzene rings is 2. The number of likely N-dealkylation sites (N-methyl/N-ethyl adjacent to an activating group) is 1. The maximum atomic E-state index is 13.6. The van der Waals surface area contributed by atoms with Crippen LogP contribution in [-0.2, 0) is 24.2 Å². The zero-order valence-electron chi connectivity index (χ0n) is 20.6. The first-order valence-electron chi connectivity index (χ1n) is 12.4. The van der Waals surface area contributed by atoms with Gasteiger partial charge in [-0.3, -0.25) is 0 Å². The molecule has 0 radical (unpaired) electrons. The van der Waals surface area contributed by atoms with E-state index in [0.717, 1.165) is 32.0 Å². The van der Waals surface area contributed by atoms with E-state index in [1.54, 1.807) is 0 Å². The van der Waals surface area contributed by atoms with Crippen molar-refractivity contribution in [1.82, 2.24) is 4.90 Å². The van der Waals surface area contributed by atoms with Crippen molar-refractivity contribution in [2.24, 2.45) is 5.92 Å². The lowest BCUT2D eigenvalue weighted by atomic mass is 9.72. The summed E-state index contributed by atoms with van der Waals surface area (Å²) in [5.41, 5.74) is -3.44. The van der Waals surface area contributed by atoms with E-state index in [0.29, 0.717) is 37.8 Å². The molecule has 0 heterocycles. The highest BCUT2D eigenvalue weighted by Crippen LogP contribution is 2.52. The molecule has 1 aliphatic rings. The van der Waals surface area contributed by atoms with Crippen molar-refractivity contribution in [1.29, 1.82) is 5.26 Å². The molecular weight excluding hydrogens is 478 g/mol. The first-order chi connectivity index (χ1) is 17.0. The van der Waals surface area contributed by atoms with E-state index >= 15 is 0 Å². The summed E-state index contributed by atoms with van der Waals surface area (Å²) in [6, 6.07) is 14.6. The summed E-state index contributed by atoms with van der Waals surface area (Å²) in [6.45, 7) is 5.69. The Labute approximate surface area is 208 Å². The highest BCUT2D eigenvalue weighted by molar-refractivity contribution is 5.43. The summed E-state index contributed by atoms with van der Waals surface area (Å²) in [7, 11) is 0. The molecule has 0 N–H and O–H groups in total. The minimum absolute atomic E-state index is 0.0370. The van der Waals surface area contributed by atoms with Crippen molar-refractivity contribution in [3.63, 3.8) is 0 Å². The Hall–Kier alpha value is -2.53. The molecule has 0 saturated heterocycles. The standard InChI is InChI=1S/C28H32F6N2/c1-3-23(36(4-2)17-15-20-8-6-5-7-9-20)14-16-26(19-35,21-10-11-21)22-12-13-24(27(29,30)31)25(18-22)28(32,33)34/h5-9,12-13,18,21,23H,3-4,10-11,14-17H2,1-2H3. The molecule has 0 spiro atoms. The molecule has 0 aromatic heterocycles. The summed E-state index contributed by atoms with van der Waals surface area (Å²) in [5.74, 6) is -0.155. The van der Waals surface area contributed by atoms with Crippen LogP contribution in [0.2, 0.25) is 0 Å². The predicted octanol–water partition coefficient (Wildman–Crippen LogP) is 8.02. The fraction of sp³-hybridized carbons (Fsp3) is 0.536. The van der Waals surface area contributed by atoms with Gasteiger partial charge in [-0.25, -0.2) is 0 Å². The van der Waals surface area contributed by atoms with Crippen LogP contribution in [0.3, 0.4) is 0 Å². The van der Waals surface area contributed by atoms with Crippen LogP contribution in [0.5, 0.6) is 0 Å². The molecule has 8 heteroatoms. The maximum Gasteiger partial charge on any atom is 0.417 e. The van der Waals surface area contributed by atoms with Gasteiger partial charge in [0.15, 0.2) is 0 Å². The summed E-state index contributed by atoms with van der Waals surface area (Å²) in [5, 5.41) is 10.2. The van der Waals surface area contributed by atoms with Crippen molar-refractivity contribution in [3.8, 4) is 6.07 Å². The molecule has 0 bridgehead atoms. The quantitative estimate of drug-likeness (QED) is 0.286. The van der Waals surface area contributed by atoms with Gasteiger partial charge in [-0.05, 0) is 74.2 Å². The Kier molecular flexibility index (Phi) is 8.76. The normalized spacial score (nSPS) is 17.0. The monoisotopic (exact) mass is 510 g/mol. The molecule has 1 aliphatic carbocycles. The average Bonchev–Trinajstić information content (AvgIpc) is 3.69. The molecule has 3 rings (SSSR count). The predicted molar refractivity (Wildman–Crippen MR) is 127 cm³/mol. The first-order valence-corrected chi connectivity index (χ1v) is 12.4. The third-order valence-electron chi connectivity index (χ3n) is 7.42. The lowest BCUT2D eigenvalue weighted by molar-refractivity contribution is -0.162. The van der Waals surface area contributed by atoms with Gasteiger partial charge in [-0.2, -0.15) is 31.6 Å². The van der Waals surface area contributed by atoms with Gasteiger partial charge >= 0.3 is 12.4 Å². The molecule has 2 unspecified atom stereocenters. The molecule has 2 aromatic carbocycles. The highest BCUT2D eigenvalue weighted by Gasteiger charge is 2.49. The van der Waals surface area contributed by atoms with Gasteiger partial charge < -0.3 is 4.90 Å². The van der Waals surface area contributed by atoms with Crippen LogP contribution in [0.15, 0.2) is 48.5 Å². The fourth-order valence-electron chi connectivity index (χ4n) is 5.23. The first kappa shape index (κ1) is 28.0. The molecule has 2 nitrogen and oxygen atoms in total. The van der Waals surface area contributed by atoms with Crippen molar-refractivity contribution in [2.75, 3.05) is 13.1 Å². The number of rotatable bonds is 11. The van der Waals surface area contributed by atoms with Gasteiger partial charge in [0.05, 0.1) is 22.6 Å². The van der Waals surface area contributed by atoms with Gasteiger partial charge in [0, 0.05) is 12.6 Å². The number of nitriles is 1. The van der Waals surface area contributed by atoms with Crippen LogP contribution in [0.1, 0.15) is 68.2 Å². The van der Waals surface area contributed by atoms with Crippen LogP contribution in [0.25, 0.3) is 0 Å². The minimum Gasteiger partial charge on any atom is -0.300 e. The second-order valence-electron chi connectivity index (χ2n) is 9.58. The third kappa shape index (κ3) is 6.42. The zero-order valence-corrected chi connectivity index (χ0v) is 20.6. The number of halogens is 6. The highest BCUT2D eigenvalue weighted by atomic mass is 19.4. The minimum atomic E-state index is -5.17. The van der Waals surface area contributed by atoms with Gasteiger partial charge in [-0.1, -0.05) is 50.2 Å². The fourth-order valence-corrected chi connectivity index (χ4v) is 5.23. The van der Waals surface area contributed by atoms with E-state index in [2.05, 4.69) is 30.0 Å². The second kappa shape index (κ2) is 11.2. The molecule has 196 valence electrons. The molecule has 0 aliphatic heterocycles. The van der Waals surface area contributed by atoms with Crippen molar-refractivity contribution in [3.05, 3.63) is 70.8 Å². The summed E-state index contributed by atoms with van der Waals surface area (Å²) in [6.07, 6.45) is -6.42. The number of hydrogen-bond acceptors (Lipinski definition) is 2. The second-order valence-corrected chi connectivity index (χ2v) is 9.58. The van der Waals surface area contributed by atoms with Gasteiger partial charge in [0.2, 0.25) is 0 Å². The van der Waals surface area contributed by atoms with Crippen molar-refractivity contribution >= 4 is 0 Å². The number of alkyl halides is 6. The van der Waals surface area contributed by atoms with Crippen LogP contribution >= 0.6 is 0 Å². The van der Waals surface area contributed by atoms with Crippen LogP contribution < -0.4 is 0 Å². The van der Waals surface area contributed by atoms with E-state index in [1.807, 2.05) is 25.1 Å². The van der Waals surface area contributed by atoms with E-state index in [1.165, 1.54) is 5.56 Å². The maximum absolute atomic E-state index is 13.6. The van der Waals surface area contributed by atoms with Crippen LogP contribution in [0, 0.1) is 17.2 Å². The van der Waals surface area contributed by atoms with Gasteiger partial charge in [-0.15, -0.1) is 0 Å². The SMILES string of the molecule is CCC(CCC(C#N)(c1ccc(C(F)(F)F)c(C(F)(F)F)c1)C1CC1)N(CC)CCc1ccccc1. The van der Waals surface area contributed by atoms with E-state index < -0.39 is 28.9 Å². The van der Waals surface area contributed by atoms with E-state index in [-0.39, 0.29) is 17.5 Å².